The van der Waals surface area contributed by atoms with Gasteiger partial charge in [-0.15, -0.1) is 0 Å². The van der Waals surface area contributed by atoms with Crippen LogP contribution in [0.1, 0.15) is 20.7 Å². The maximum absolute atomic E-state index is 12.3. The van der Waals surface area contributed by atoms with Crippen LogP contribution in [0.3, 0.4) is 0 Å². The van der Waals surface area contributed by atoms with E-state index in [9.17, 15) is 19.8 Å². The average Bonchev–Trinajstić information content (AvgIpc) is 2.79. The van der Waals surface area contributed by atoms with Gasteiger partial charge in [0, 0.05) is 0 Å². The highest BCUT2D eigenvalue weighted by Crippen LogP contribution is 2.37. The summed E-state index contributed by atoms with van der Waals surface area (Å²) in [6.07, 6.45) is 0. The summed E-state index contributed by atoms with van der Waals surface area (Å²) in [6.45, 7) is 0. The molecule has 4 rings (SSSR count). The van der Waals surface area contributed by atoms with Crippen LogP contribution >= 0.6 is 0 Å². The third-order valence-electron chi connectivity index (χ3n) is 5.02. The van der Waals surface area contributed by atoms with Gasteiger partial charge in [-0.1, -0.05) is 97.1 Å². The van der Waals surface area contributed by atoms with Crippen LogP contribution in [-0.4, -0.2) is 22.2 Å². The minimum Gasteiger partial charge on any atom is -0.478 e. The van der Waals surface area contributed by atoms with E-state index in [0.717, 1.165) is 11.1 Å². The number of carboxylic acid groups (broad SMARTS) is 2. The van der Waals surface area contributed by atoms with Crippen molar-refractivity contribution in [2.75, 3.05) is 0 Å². The second kappa shape index (κ2) is 8.05. The van der Waals surface area contributed by atoms with E-state index in [2.05, 4.69) is 0 Å². The summed E-state index contributed by atoms with van der Waals surface area (Å²) < 4.78 is 0. The van der Waals surface area contributed by atoms with Crippen molar-refractivity contribution in [2.45, 2.75) is 0 Å². The maximum atomic E-state index is 12.3. The molecular formula is C26H18O4. The first-order valence-electron chi connectivity index (χ1n) is 9.41. The molecule has 4 aromatic rings. The van der Waals surface area contributed by atoms with Gasteiger partial charge in [-0.25, -0.2) is 9.59 Å². The van der Waals surface area contributed by atoms with Crippen LogP contribution < -0.4 is 0 Å². The van der Waals surface area contributed by atoms with Crippen LogP contribution in [0.25, 0.3) is 33.4 Å². The highest BCUT2D eigenvalue weighted by Gasteiger charge is 2.23. The van der Waals surface area contributed by atoms with Gasteiger partial charge in [0.25, 0.3) is 0 Å². The van der Waals surface area contributed by atoms with Crippen molar-refractivity contribution in [1.82, 2.24) is 0 Å². The van der Waals surface area contributed by atoms with Gasteiger partial charge in [0.05, 0.1) is 11.1 Å². The van der Waals surface area contributed by atoms with Gasteiger partial charge in [-0.05, 0) is 33.4 Å². The lowest BCUT2D eigenvalue weighted by molar-refractivity contribution is 0.0685. The SMILES string of the molecule is O=C(O)c1c(-c2ccccc2)cccc1-c1cccc(-c2ccccc2)c1C(=O)O. The molecule has 0 spiro atoms. The molecule has 0 unspecified atom stereocenters. The first kappa shape index (κ1) is 19.2. The summed E-state index contributed by atoms with van der Waals surface area (Å²) in [7, 11) is 0. The molecule has 0 aliphatic rings. The van der Waals surface area contributed by atoms with Gasteiger partial charge in [0.1, 0.15) is 0 Å². The lowest BCUT2D eigenvalue weighted by Crippen LogP contribution is -2.07. The second-order valence-corrected chi connectivity index (χ2v) is 6.80. The summed E-state index contributed by atoms with van der Waals surface area (Å²) in [5.74, 6) is -2.21. The molecule has 0 aromatic heterocycles. The molecule has 2 N–H and O–H groups in total. The smallest absolute Gasteiger partial charge is 0.336 e. The lowest BCUT2D eigenvalue weighted by Gasteiger charge is -2.16. The second-order valence-electron chi connectivity index (χ2n) is 6.80. The molecule has 0 heterocycles. The Balaban J connectivity index is 2.02. The Morgan fingerprint density at radius 3 is 1.10 bits per heavy atom. The molecule has 0 amide bonds. The molecule has 0 saturated carbocycles. The van der Waals surface area contributed by atoms with Gasteiger partial charge in [0.15, 0.2) is 0 Å². The molecule has 30 heavy (non-hydrogen) atoms. The molecule has 0 radical (unpaired) electrons. The number of hydrogen-bond donors (Lipinski definition) is 2. The standard InChI is InChI=1S/C26H18O4/c27-25(28)23-19(17-9-3-1-4-10-17)13-7-15-21(23)22-16-8-14-20(24(22)26(29)30)18-11-5-2-6-12-18/h1-16H,(H,27,28)(H,29,30). The van der Waals surface area contributed by atoms with Crippen molar-refractivity contribution in [3.8, 4) is 33.4 Å². The van der Waals surface area contributed by atoms with E-state index in [1.54, 1.807) is 36.4 Å². The predicted octanol–water partition coefficient (Wildman–Crippen LogP) is 6.08. The van der Waals surface area contributed by atoms with E-state index in [1.165, 1.54) is 0 Å². The molecule has 0 fully saturated rings. The molecule has 0 bridgehead atoms. The Morgan fingerprint density at radius 1 is 0.433 bits per heavy atom. The van der Waals surface area contributed by atoms with Crippen LogP contribution in [0.4, 0.5) is 0 Å². The first-order valence-corrected chi connectivity index (χ1v) is 9.41. The third kappa shape index (κ3) is 3.47. The monoisotopic (exact) mass is 394 g/mol. The fourth-order valence-electron chi connectivity index (χ4n) is 3.73. The summed E-state index contributed by atoms with van der Waals surface area (Å²) >= 11 is 0. The maximum Gasteiger partial charge on any atom is 0.336 e. The van der Waals surface area contributed by atoms with E-state index in [0.29, 0.717) is 22.3 Å². The van der Waals surface area contributed by atoms with E-state index in [-0.39, 0.29) is 11.1 Å². The third-order valence-corrected chi connectivity index (χ3v) is 5.02. The number of hydrogen-bond acceptors (Lipinski definition) is 2. The summed E-state index contributed by atoms with van der Waals surface area (Å²) in [5, 5.41) is 20.1. The van der Waals surface area contributed by atoms with E-state index < -0.39 is 11.9 Å². The van der Waals surface area contributed by atoms with Gasteiger partial charge >= 0.3 is 11.9 Å². The van der Waals surface area contributed by atoms with Crippen LogP contribution in [0.2, 0.25) is 0 Å². The normalized spacial score (nSPS) is 10.5. The van der Waals surface area contributed by atoms with E-state index >= 15 is 0 Å². The minimum atomic E-state index is -1.11. The van der Waals surface area contributed by atoms with Crippen molar-refractivity contribution < 1.29 is 19.8 Å². The van der Waals surface area contributed by atoms with Crippen molar-refractivity contribution >= 4 is 11.9 Å². The molecule has 0 aliphatic heterocycles. The van der Waals surface area contributed by atoms with Crippen molar-refractivity contribution in [1.29, 1.82) is 0 Å². The number of carboxylic acids is 2. The Morgan fingerprint density at radius 2 is 0.767 bits per heavy atom. The Kier molecular flexibility index (Phi) is 5.14. The van der Waals surface area contributed by atoms with Crippen LogP contribution in [0, 0.1) is 0 Å². The summed E-state index contributed by atoms with van der Waals surface area (Å²) in [4.78, 5) is 24.6. The largest absolute Gasteiger partial charge is 0.478 e. The minimum absolute atomic E-state index is 0.0800. The van der Waals surface area contributed by atoms with Gasteiger partial charge in [-0.2, -0.15) is 0 Å². The zero-order chi connectivity index (χ0) is 21.1. The quantitative estimate of drug-likeness (QED) is 0.430. The van der Waals surface area contributed by atoms with E-state index in [4.69, 9.17) is 0 Å². The van der Waals surface area contributed by atoms with Gasteiger partial charge in [-0.3, -0.25) is 0 Å². The van der Waals surface area contributed by atoms with Gasteiger partial charge < -0.3 is 10.2 Å². The van der Waals surface area contributed by atoms with Crippen LogP contribution in [-0.2, 0) is 0 Å². The molecule has 146 valence electrons. The zero-order valence-corrected chi connectivity index (χ0v) is 15.9. The number of aromatic carboxylic acids is 2. The van der Waals surface area contributed by atoms with Crippen molar-refractivity contribution in [3.63, 3.8) is 0 Å². The molecule has 0 saturated heterocycles. The number of rotatable bonds is 5. The Labute approximate surface area is 173 Å². The van der Waals surface area contributed by atoms with E-state index in [1.807, 2.05) is 60.7 Å². The molecule has 0 atom stereocenters. The fraction of sp³-hybridized carbons (Fsp3) is 0. The summed E-state index contributed by atoms with van der Waals surface area (Å²) in [5.41, 5.74) is 3.51. The summed E-state index contributed by atoms with van der Waals surface area (Å²) in [6, 6.07) is 28.7. The fourth-order valence-corrected chi connectivity index (χ4v) is 3.73. The van der Waals surface area contributed by atoms with Crippen LogP contribution in [0.5, 0.6) is 0 Å². The van der Waals surface area contributed by atoms with Crippen LogP contribution in [0.15, 0.2) is 97.1 Å². The molecule has 4 heteroatoms. The van der Waals surface area contributed by atoms with Gasteiger partial charge in [0.2, 0.25) is 0 Å². The van der Waals surface area contributed by atoms with Crippen molar-refractivity contribution in [2.24, 2.45) is 0 Å². The zero-order valence-electron chi connectivity index (χ0n) is 15.9. The van der Waals surface area contributed by atoms with Crippen molar-refractivity contribution in [3.05, 3.63) is 108 Å². The molecule has 0 aliphatic carbocycles. The average molecular weight is 394 g/mol. The molecule has 4 nitrogen and oxygen atoms in total. The number of benzene rings is 4. The molecule has 4 aromatic carbocycles. The highest BCUT2D eigenvalue weighted by molar-refractivity contribution is 6.08. The first-order chi connectivity index (χ1) is 14.6. The lowest BCUT2D eigenvalue weighted by atomic mass is 9.87. The highest BCUT2D eigenvalue weighted by atomic mass is 16.4. The topological polar surface area (TPSA) is 74.6 Å². The Hall–Kier alpha value is -4.18. The molecular weight excluding hydrogens is 376 g/mol. The number of carbonyl (C=O) groups is 2. The predicted molar refractivity (Wildman–Crippen MR) is 117 cm³/mol. The Bertz CT molecular complexity index is 1130.